The first-order valence-corrected chi connectivity index (χ1v) is 7.73. The van der Waals surface area contributed by atoms with Crippen molar-refractivity contribution in [1.29, 1.82) is 0 Å². The van der Waals surface area contributed by atoms with Crippen molar-refractivity contribution < 1.29 is 0 Å². The summed E-state index contributed by atoms with van der Waals surface area (Å²) in [6.45, 7) is 12.0. The standard InChI is InChI=1S/C16H26ClN3/c1-16(2,3)20-10-8-19(9-11-20)15-13(12-18-4)6-5-7-14(15)17/h5-7,18H,8-12H2,1-4H3. The van der Waals surface area contributed by atoms with Gasteiger partial charge in [0, 0.05) is 38.3 Å². The predicted octanol–water partition coefficient (Wildman–Crippen LogP) is 2.98. The van der Waals surface area contributed by atoms with E-state index in [1.165, 1.54) is 11.3 Å². The quantitative estimate of drug-likeness (QED) is 0.925. The van der Waals surface area contributed by atoms with Gasteiger partial charge < -0.3 is 10.2 Å². The molecule has 1 aromatic carbocycles. The van der Waals surface area contributed by atoms with Gasteiger partial charge in [0.05, 0.1) is 10.7 Å². The third-order valence-electron chi connectivity index (χ3n) is 3.98. The lowest BCUT2D eigenvalue weighted by atomic mass is 10.0. The maximum atomic E-state index is 6.44. The minimum Gasteiger partial charge on any atom is -0.367 e. The van der Waals surface area contributed by atoms with Gasteiger partial charge in [-0.1, -0.05) is 23.7 Å². The van der Waals surface area contributed by atoms with Gasteiger partial charge in [0.1, 0.15) is 0 Å². The summed E-state index contributed by atoms with van der Waals surface area (Å²) in [7, 11) is 1.97. The van der Waals surface area contributed by atoms with Crippen LogP contribution in [0.5, 0.6) is 0 Å². The molecule has 3 nitrogen and oxygen atoms in total. The number of hydrogen-bond donors (Lipinski definition) is 1. The van der Waals surface area contributed by atoms with Crippen LogP contribution in [0, 0.1) is 0 Å². The van der Waals surface area contributed by atoms with E-state index in [4.69, 9.17) is 11.6 Å². The Morgan fingerprint density at radius 1 is 1.15 bits per heavy atom. The summed E-state index contributed by atoms with van der Waals surface area (Å²) in [5.41, 5.74) is 2.74. The first-order valence-electron chi connectivity index (χ1n) is 7.35. The van der Waals surface area contributed by atoms with Gasteiger partial charge in [-0.2, -0.15) is 0 Å². The van der Waals surface area contributed by atoms with Gasteiger partial charge in [0.25, 0.3) is 0 Å². The normalized spacial score (nSPS) is 17.6. The molecule has 2 rings (SSSR count). The van der Waals surface area contributed by atoms with Crippen molar-refractivity contribution in [2.24, 2.45) is 0 Å². The number of rotatable bonds is 3. The van der Waals surface area contributed by atoms with E-state index in [1.807, 2.05) is 19.2 Å². The lowest BCUT2D eigenvalue weighted by Gasteiger charge is -2.43. The van der Waals surface area contributed by atoms with E-state index >= 15 is 0 Å². The molecule has 0 radical (unpaired) electrons. The van der Waals surface area contributed by atoms with Gasteiger partial charge in [0.2, 0.25) is 0 Å². The molecule has 1 N–H and O–H groups in total. The van der Waals surface area contributed by atoms with Crippen molar-refractivity contribution >= 4 is 17.3 Å². The van der Waals surface area contributed by atoms with Crippen molar-refractivity contribution in [1.82, 2.24) is 10.2 Å². The molecule has 1 aliphatic heterocycles. The molecule has 20 heavy (non-hydrogen) atoms. The summed E-state index contributed by atoms with van der Waals surface area (Å²) in [5, 5.41) is 4.09. The van der Waals surface area contributed by atoms with Crippen LogP contribution in [-0.2, 0) is 6.54 Å². The Kier molecular flexibility index (Phi) is 4.95. The molecule has 0 aromatic heterocycles. The molecule has 4 heteroatoms. The number of para-hydroxylation sites is 1. The average molecular weight is 296 g/mol. The van der Waals surface area contributed by atoms with Gasteiger partial charge in [0.15, 0.2) is 0 Å². The monoisotopic (exact) mass is 295 g/mol. The zero-order chi connectivity index (χ0) is 14.8. The molecule has 1 aromatic rings. The maximum absolute atomic E-state index is 6.44. The van der Waals surface area contributed by atoms with E-state index in [2.05, 4.69) is 42.0 Å². The zero-order valence-corrected chi connectivity index (χ0v) is 13.8. The van der Waals surface area contributed by atoms with E-state index in [-0.39, 0.29) is 5.54 Å². The van der Waals surface area contributed by atoms with Gasteiger partial charge in [-0.25, -0.2) is 0 Å². The molecule has 1 heterocycles. The Hall–Kier alpha value is -0.770. The third-order valence-corrected chi connectivity index (χ3v) is 4.29. The second kappa shape index (κ2) is 6.33. The SMILES string of the molecule is CNCc1cccc(Cl)c1N1CCN(C(C)(C)C)CC1. The van der Waals surface area contributed by atoms with Crippen molar-refractivity contribution in [2.45, 2.75) is 32.9 Å². The zero-order valence-electron chi connectivity index (χ0n) is 13.0. The van der Waals surface area contributed by atoms with Crippen LogP contribution in [-0.4, -0.2) is 43.7 Å². The highest BCUT2D eigenvalue weighted by molar-refractivity contribution is 6.33. The molecule has 0 spiro atoms. The number of nitrogens with one attached hydrogen (secondary N) is 1. The lowest BCUT2D eigenvalue weighted by Crippen LogP contribution is -2.53. The maximum Gasteiger partial charge on any atom is 0.0642 e. The predicted molar refractivity (Wildman–Crippen MR) is 87.8 cm³/mol. The van der Waals surface area contributed by atoms with E-state index in [9.17, 15) is 0 Å². The minimum atomic E-state index is 0.250. The fourth-order valence-corrected chi connectivity index (χ4v) is 3.16. The number of benzene rings is 1. The second-order valence-electron chi connectivity index (χ2n) is 6.42. The molecule has 1 aliphatic rings. The smallest absolute Gasteiger partial charge is 0.0642 e. The van der Waals surface area contributed by atoms with Crippen LogP contribution in [0.4, 0.5) is 5.69 Å². The third kappa shape index (κ3) is 3.46. The summed E-state index contributed by atoms with van der Waals surface area (Å²) < 4.78 is 0. The van der Waals surface area contributed by atoms with E-state index < -0.39 is 0 Å². The Bertz CT molecular complexity index is 446. The molecule has 1 saturated heterocycles. The number of nitrogens with zero attached hydrogens (tertiary/aromatic N) is 2. The Balaban J connectivity index is 2.14. The fraction of sp³-hybridized carbons (Fsp3) is 0.625. The summed E-state index contributed by atoms with van der Waals surface area (Å²) >= 11 is 6.44. The molecule has 0 aliphatic carbocycles. The van der Waals surface area contributed by atoms with Crippen molar-refractivity contribution in [3.8, 4) is 0 Å². The van der Waals surface area contributed by atoms with Gasteiger partial charge in [-0.3, -0.25) is 4.90 Å². The largest absolute Gasteiger partial charge is 0.367 e. The highest BCUT2D eigenvalue weighted by atomic mass is 35.5. The first-order chi connectivity index (χ1) is 9.43. The average Bonchev–Trinajstić information content (AvgIpc) is 2.38. The summed E-state index contributed by atoms with van der Waals surface area (Å²) in [6.07, 6.45) is 0. The Morgan fingerprint density at radius 3 is 2.35 bits per heavy atom. The van der Waals surface area contributed by atoms with Crippen LogP contribution >= 0.6 is 11.6 Å². The number of anilines is 1. The van der Waals surface area contributed by atoms with E-state index in [0.29, 0.717) is 0 Å². The molecule has 1 fully saturated rings. The van der Waals surface area contributed by atoms with E-state index in [1.54, 1.807) is 0 Å². The van der Waals surface area contributed by atoms with Crippen LogP contribution in [0.25, 0.3) is 0 Å². The second-order valence-corrected chi connectivity index (χ2v) is 6.83. The van der Waals surface area contributed by atoms with Gasteiger partial charge >= 0.3 is 0 Å². The Morgan fingerprint density at radius 2 is 1.80 bits per heavy atom. The highest BCUT2D eigenvalue weighted by Gasteiger charge is 2.27. The molecular weight excluding hydrogens is 270 g/mol. The Labute approximate surface area is 127 Å². The number of piperazine rings is 1. The highest BCUT2D eigenvalue weighted by Crippen LogP contribution is 2.31. The molecule has 0 saturated carbocycles. The van der Waals surface area contributed by atoms with Crippen LogP contribution in [0.2, 0.25) is 5.02 Å². The summed E-state index contributed by atoms with van der Waals surface area (Å²) in [4.78, 5) is 4.97. The van der Waals surface area contributed by atoms with Crippen molar-refractivity contribution in [3.63, 3.8) is 0 Å². The fourth-order valence-electron chi connectivity index (χ4n) is 2.85. The van der Waals surface area contributed by atoms with Gasteiger partial charge in [-0.15, -0.1) is 0 Å². The minimum absolute atomic E-state index is 0.250. The van der Waals surface area contributed by atoms with Gasteiger partial charge in [-0.05, 0) is 39.4 Å². The molecular formula is C16H26ClN3. The molecule has 0 amide bonds. The van der Waals surface area contributed by atoms with Crippen molar-refractivity contribution in [3.05, 3.63) is 28.8 Å². The van der Waals surface area contributed by atoms with Crippen LogP contribution < -0.4 is 10.2 Å². The van der Waals surface area contributed by atoms with Crippen LogP contribution in [0.15, 0.2) is 18.2 Å². The molecule has 0 atom stereocenters. The number of hydrogen-bond acceptors (Lipinski definition) is 3. The molecule has 0 bridgehead atoms. The molecule has 112 valence electrons. The topological polar surface area (TPSA) is 18.5 Å². The van der Waals surface area contributed by atoms with Crippen molar-refractivity contribution in [2.75, 3.05) is 38.1 Å². The van der Waals surface area contributed by atoms with Crippen LogP contribution in [0.3, 0.4) is 0 Å². The number of halogens is 1. The van der Waals surface area contributed by atoms with Crippen LogP contribution in [0.1, 0.15) is 26.3 Å². The lowest BCUT2D eigenvalue weighted by molar-refractivity contribution is 0.128. The summed E-state index contributed by atoms with van der Waals surface area (Å²) in [5.74, 6) is 0. The summed E-state index contributed by atoms with van der Waals surface area (Å²) in [6, 6.07) is 6.18. The molecule has 0 unspecified atom stereocenters. The van der Waals surface area contributed by atoms with E-state index in [0.717, 1.165) is 37.7 Å². The first kappa shape index (κ1) is 15.6.